The molecule has 0 aliphatic carbocycles. The Bertz CT molecular complexity index is 525. The highest BCUT2D eigenvalue weighted by Gasteiger charge is 2.00. The Kier molecular flexibility index (Phi) is 4.47. The fraction of sp³-hybridized carbons (Fsp3) is 0.143. The van der Waals surface area contributed by atoms with E-state index >= 15 is 0 Å². The first kappa shape index (κ1) is 13.0. The summed E-state index contributed by atoms with van der Waals surface area (Å²) in [5.41, 5.74) is 7.30. The molecule has 0 atom stereocenters. The third-order valence-corrected chi connectivity index (χ3v) is 2.56. The van der Waals surface area contributed by atoms with Crippen LogP contribution in [0.5, 0.6) is 0 Å². The van der Waals surface area contributed by atoms with E-state index in [1.165, 1.54) is 5.56 Å². The zero-order valence-corrected chi connectivity index (χ0v) is 10.5. The molecule has 5 nitrogen and oxygen atoms in total. The minimum Gasteiger partial charge on any atom is -0.380 e. The number of hydrogen-bond acceptors (Lipinski definition) is 4. The normalized spacial score (nSPS) is 9.95. The highest BCUT2D eigenvalue weighted by Crippen LogP contribution is 2.11. The van der Waals surface area contributed by atoms with Gasteiger partial charge in [-0.05, 0) is 17.7 Å². The van der Waals surface area contributed by atoms with Crippen molar-refractivity contribution in [2.45, 2.75) is 6.54 Å². The summed E-state index contributed by atoms with van der Waals surface area (Å²) < 4.78 is 0. The Hall–Kier alpha value is -2.40. The van der Waals surface area contributed by atoms with Crippen molar-refractivity contribution < 1.29 is 4.79 Å². The van der Waals surface area contributed by atoms with Crippen LogP contribution in [-0.2, 0) is 11.3 Å². The van der Waals surface area contributed by atoms with Crippen LogP contribution >= 0.6 is 0 Å². The predicted octanol–water partition coefficient (Wildman–Crippen LogP) is 1.59. The third-order valence-electron chi connectivity index (χ3n) is 2.56. The number of amides is 1. The lowest BCUT2D eigenvalue weighted by Crippen LogP contribution is -2.22. The van der Waals surface area contributed by atoms with E-state index in [1.54, 1.807) is 12.3 Å². The van der Waals surface area contributed by atoms with Crippen molar-refractivity contribution in [1.29, 1.82) is 0 Å². The number of carbonyl (C=O) groups excluding carboxylic acids is 1. The molecule has 4 N–H and O–H groups in total. The maximum Gasteiger partial charge on any atom is 0.239 e. The van der Waals surface area contributed by atoms with Crippen LogP contribution in [0.25, 0.3) is 0 Å². The standard InChI is InChI=1S/C14H16N4O/c15-8-14(19)18-13-7-6-12(10-17-13)16-9-11-4-2-1-3-5-11/h1-7,10,16H,8-9,15H2,(H,17,18,19). The van der Waals surface area contributed by atoms with Crippen LogP contribution in [0.1, 0.15) is 5.56 Å². The van der Waals surface area contributed by atoms with E-state index < -0.39 is 0 Å². The van der Waals surface area contributed by atoms with Gasteiger partial charge in [-0.2, -0.15) is 0 Å². The summed E-state index contributed by atoms with van der Waals surface area (Å²) in [4.78, 5) is 15.2. The van der Waals surface area contributed by atoms with Gasteiger partial charge in [0.15, 0.2) is 0 Å². The van der Waals surface area contributed by atoms with Gasteiger partial charge in [-0.1, -0.05) is 30.3 Å². The highest BCUT2D eigenvalue weighted by molar-refractivity contribution is 5.91. The van der Waals surface area contributed by atoms with Gasteiger partial charge in [0.1, 0.15) is 5.82 Å². The van der Waals surface area contributed by atoms with E-state index in [0.29, 0.717) is 5.82 Å². The monoisotopic (exact) mass is 256 g/mol. The lowest BCUT2D eigenvalue weighted by Gasteiger charge is -2.07. The summed E-state index contributed by atoms with van der Waals surface area (Å²) >= 11 is 0. The molecule has 0 bridgehead atoms. The van der Waals surface area contributed by atoms with Crippen molar-refractivity contribution in [3.8, 4) is 0 Å². The van der Waals surface area contributed by atoms with Crippen molar-refractivity contribution in [3.63, 3.8) is 0 Å². The van der Waals surface area contributed by atoms with Crippen LogP contribution in [0.4, 0.5) is 11.5 Å². The molecule has 0 saturated heterocycles. The van der Waals surface area contributed by atoms with E-state index in [1.807, 2.05) is 24.3 Å². The molecule has 0 aliphatic heterocycles. The number of nitrogens with one attached hydrogen (secondary N) is 2. The smallest absolute Gasteiger partial charge is 0.239 e. The molecule has 0 saturated carbocycles. The van der Waals surface area contributed by atoms with E-state index in [-0.39, 0.29) is 12.5 Å². The van der Waals surface area contributed by atoms with Gasteiger partial charge >= 0.3 is 0 Å². The summed E-state index contributed by atoms with van der Waals surface area (Å²) in [5.74, 6) is 0.248. The zero-order valence-electron chi connectivity index (χ0n) is 10.5. The first-order chi connectivity index (χ1) is 9.28. The molecule has 1 amide bonds. The van der Waals surface area contributed by atoms with E-state index in [9.17, 15) is 4.79 Å². The fourth-order valence-corrected chi connectivity index (χ4v) is 1.57. The maximum atomic E-state index is 11.1. The number of aromatic nitrogens is 1. The number of carbonyl (C=O) groups is 1. The predicted molar refractivity (Wildman–Crippen MR) is 75.7 cm³/mol. The van der Waals surface area contributed by atoms with Gasteiger partial charge in [-0.15, -0.1) is 0 Å². The summed E-state index contributed by atoms with van der Waals surface area (Å²) in [5, 5.41) is 5.85. The van der Waals surface area contributed by atoms with E-state index in [0.717, 1.165) is 12.2 Å². The second-order valence-corrected chi connectivity index (χ2v) is 4.02. The number of hydrogen-bond donors (Lipinski definition) is 3. The lowest BCUT2D eigenvalue weighted by atomic mass is 10.2. The van der Waals surface area contributed by atoms with Gasteiger partial charge in [0.2, 0.25) is 5.91 Å². The molecule has 98 valence electrons. The average molecular weight is 256 g/mol. The van der Waals surface area contributed by atoms with Gasteiger partial charge < -0.3 is 16.4 Å². The molecular weight excluding hydrogens is 240 g/mol. The molecule has 1 aromatic heterocycles. The second-order valence-electron chi connectivity index (χ2n) is 4.02. The summed E-state index contributed by atoms with van der Waals surface area (Å²) in [6.07, 6.45) is 1.68. The molecule has 19 heavy (non-hydrogen) atoms. The molecule has 2 rings (SSSR count). The first-order valence-electron chi connectivity index (χ1n) is 6.01. The van der Waals surface area contributed by atoms with Crippen LogP contribution in [0.15, 0.2) is 48.7 Å². The molecule has 2 aromatic rings. The van der Waals surface area contributed by atoms with Crippen LogP contribution in [-0.4, -0.2) is 17.4 Å². The number of benzene rings is 1. The molecule has 5 heteroatoms. The molecule has 0 spiro atoms. The van der Waals surface area contributed by atoms with Crippen molar-refractivity contribution in [3.05, 3.63) is 54.2 Å². The molecule has 1 heterocycles. The SMILES string of the molecule is NCC(=O)Nc1ccc(NCc2ccccc2)cn1. The Morgan fingerprint density at radius 1 is 1.16 bits per heavy atom. The van der Waals surface area contributed by atoms with Crippen LogP contribution in [0.3, 0.4) is 0 Å². The summed E-state index contributed by atoms with van der Waals surface area (Å²) in [6.45, 7) is 0.687. The number of anilines is 2. The summed E-state index contributed by atoms with van der Waals surface area (Å²) in [7, 11) is 0. The lowest BCUT2D eigenvalue weighted by molar-refractivity contribution is -0.114. The van der Waals surface area contributed by atoms with Crippen molar-refractivity contribution in [2.75, 3.05) is 17.2 Å². The third kappa shape index (κ3) is 4.08. The Labute approximate surface area is 111 Å². The quantitative estimate of drug-likeness (QED) is 0.759. The highest BCUT2D eigenvalue weighted by atomic mass is 16.1. The zero-order chi connectivity index (χ0) is 13.5. The Morgan fingerprint density at radius 3 is 2.58 bits per heavy atom. The van der Waals surface area contributed by atoms with Crippen molar-refractivity contribution in [2.24, 2.45) is 5.73 Å². The van der Waals surface area contributed by atoms with Gasteiger partial charge in [0, 0.05) is 6.54 Å². The molecular formula is C14H16N4O. The average Bonchev–Trinajstić information content (AvgIpc) is 2.47. The topological polar surface area (TPSA) is 80.0 Å². The number of pyridine rings is 1. The largest absolute Gasteiger partial charge is 0.380 e. The van der Waals surface area contributed by atoms with E-state index in [2.05, 4.69) is 27.8 Å². The minimum absolute atomic E-state index is 0.0459. The van der Waals surface area contributed by atoms with Crippen LogP contribution in [0.2, 0.25) is 0 Å². The van der Waals surface area contributed by atoms with Gasteiger partial charge in [-0.3, -0.25) is 4.79 Å². The van der Waals surface area contributed by atoms with Crippen molar-refractivity contribution in [1.82, 2.24) is 4.98 Å². The van der Waals surface area contributed by atoms with Gasteiger partial charge in [0.05, 0.1) is 18.4 Å². The van der Waals surface area contributed by atoms with Gasteiger partial charge in [0.25, 0.3) is 0 Å². The maximum absolute atomic E-state index is 11.1. The molecule has 1 aromatic carbocycles. The Balaban J connectivity index is 1.90. The molecule has 0 unspecified atom stereocenters. The molecule has 0 fully saturated rings. The van der Waals surface area contributed by atoms with E-state index in [4.69, 9.17) is 5.73 Å². The fourth-order valence-electron chi connectivity index (χ4n) is 1.57. The first-order valence-corrected chi connectivity index (χ1v) is 6.01. The second kappa shape index (κ2) is 6.51. The van der Waals surface area contributed by atoms with Gasteiger partial charge in [-0.25, -0.2) is 4.98 Å². The van der Waals surface area contributed by atoms with Crippen LogP contribution in [0, 0.1) is 0 Å². The minimum atomic E-state index is -0.252. The number of nitrogens with zero attached hydrogens (tertiary/aromatic N) is 1. The molecule has 0 radical (unpaired) electrons. The summed E-state index contributed by atoms with van der Waals surface area (Å²) in [6, 6.07) is 13.7. The number of nitrogens with two attached hydrogens (primary N) is 1. The molecule has 0 aliphatic rings. The Morgan fingerprint density at radius 2 is 1.95 bits per heavy atom. The number of rotatable bonds is 5. The van der Waals surface area contributed by atoms with Crippen molar-refractivity contribution >= 4 is 17.4 Å². The van der Waals surface area contributed by atoms with Crippen LogP contribution < -0.4 is 16.4 Å².